The van der Waals surface area contributed by atoms with Gasteiger partial charge < -0.3 is 10.2 Å². The van der Waals surface area contributed by atoms with Gasteiger partial charge in [0, 0.05) is 19.0 Å². The van der Waals surface area contributed by atoms with Gasteiger partial charge in [0.1, 0.15) is 18.4 Å². The molecule has 0 radical (unpaired) electrons. The molecule has 0 aliphatic rings. The second-order valence-corrected chi connectivity index (χ2v) is 11.7. The summed E-state index contributed by atoms with van der Waals surface area (Å²) in [4.78, 5) is 29.1. The largest absolute Gasteiger partial charge is 0.352 e. The fourth-order valence-electron chi connectivity index (χ4n) is 4.22. The first kappa shape index (κ1) is 29.8. The molecule has 0 aromatic heterocycles. The molecule has 3 aromatic carbocycles. The average Bonchev–Trinajstić information content (AvgIpc) is 2.89. The standard InChI is InChI=1S/C30H36FN3O4S/c1-5-23(3)32-30(36)28(19-24-11-7-6-8-12-24)33(20-25-13-9-10-22(2)18-25)29(35)21-34(39(4,37)38)27-16-14-26(31)15-17-27/h6-18,23,28H,5,19-21H2,1-4H3,(H,32,36)/t23-,28-/m1/s1. The second-order valence-electron chi connectivity index (χ2n) is 9.78. The summed E-state index contributed by atoms with van der Waals surface area (Å²) in [6.07, 6.45) is 1.95. The molecule has 0 aliphatic heterocycles. The van der Waals surface area contributed by atoms with E-state index in [-0.39, 0.29) is 30.6 Å². The summed E-state index contributed by atoms with van der Waals surface area (Å²) in [5.41, 5.74) is 2.83. The molecule has 7 nitrogen and oxygen atoms in total. The van der Waals surface area contributed by atoms with Crippen LogP contribution in [0, 0.1) is 12.7 Å². The van der Waals surface area contributed by atoms with Crippen LogP contribution in [0.1, 0.15) is 37.0 Å². The van der Waals surface area contributed by atoms with Crippen LogP contribution in [0.15, 0.2) is 78.9 Å². The molecular weight excluding hydrogens is 517 g/mol. The van der Waals surface area contributed by atoms with Crippen LogP contribution in [0.3, 0.4) is 0 Å². The van der Waals surface area contributed by atoms with E-state index in [1.54, 1.807) is 0 Å². The van der Waals surface area contributed by atoms with Gasteiger partial charge in [0.2, 0.25) is 21.8 Å². The van der Waals surface area contributed by atoms with Gasteiger partial charge in [-0.15, -0.1) is 0 Å². The lowest BCUT2D eigenvalue weighted by Crippen LogP contribution is -2.54. The minimum absolute atomic E-state index is 0.104. The van der Waals surface area contributed by atoms with Crippen molar-refractivity contribution in [2.45, 2.75) is 52.2 Å². The van der Waals surface area contributed by atoms with Crippen molar-refractivity contribution in [1.29, 1.82) is 0 Å². The Morgan fingerprint density at radius 1 is 0.949 bits per heavy atom. The van der Waals surface area contributed by atoms with E-state index in [9.17, 15) is 22.4 Å². The molecule has 9 heteroatoms. The zero-order chi connectivity index (χ0) is 28.6. The molecule has 0 spiro atoms. The molecule has 208 valence electrons. The third-order valence-corrected chi connectivity index (χ3v) is 7.64. The number of rotatable bonds is 12. The van der Waals surface area contributed by atoms with Gasteiger partial charge in [-0.3, -0.25) is 13.9 Å². The van der Waals surface area contributed by atoms with Crippen LogP contribution in [0.25, 0.3) is 0 Å². The number of carbonyl (C=O) groups is 2. The molecule has 0 bridgehead atoms. The van der Waals surface area contributed by atoms with Gasteiger partial charge in [0.15, 0.2) is 0 Å². The third-order valence-electron chi connectivity index (χ3n) is 6.50. The van der Waals surface area contributed by atoms with Crippen molar-refractivity contribution in [1.82, 2.24) is 10.2 Å². The van der Waals surface area contributed by atoms with E-state index in [1.165, 1.54) is 17.0 Å². The molecule has 2 amide bonds. The Morgan fingerprint density at radius 3 is 2.18 bits per heavy atom. The van der Waals surface area contributed by atoms with Crippen molar-refractivity contribution < 1.29 is 22.4 Å². The van der Waals surface area contributed by atoms with Crippen molar-refractivity contribution in [3.8, 4) is 0 Å². The van der Waals surface area contributed by atoms with E-state index in [2.05, 4.69) is 5.32 Å². The second kappa shape index (κ2) is 13.4. The van der Waals surface area contributed by atoms with Gasteiger partial charge in [0.25, 0.3) is 0 Å². The zero-order valence-electron chi connectivity index (χ0n) is 22.8. The number of nitrogens with one attached hydrogen (secondary N) is 1. The van der Waals surface area contributed by atoms with E-state index in [4.69, 9.17) is 0 Å². The zero-order valence-corrected chi connectivity index (χ0v) is 23.6. The van der Waals surface area contributed by atoms with Crippen LogP contribution in [-0.4, -0.2) is 50.0 Å². The Hall–Kier alpha value is -3.72. The summed E-state index contributed by atoms with van der Waals surface area (Å²) in [5.74, 6) is -1.39. The highest BCUT2D eigenvalue weighted by atomic mass is 32.2. The maximum Gasteiger partial charge on any atom is 0.244 e. The van der Waals surface area contributed by atoms with E-state index in [1.807, 2.05) is 75.4 Å². The first-order valence-corrected chi connectivity index (χ1v) is 14.7. The van der Waals surface area contributed by atoms with E-state index >= 15 is 0 Å². The van der Waals surface area contributed by atoms with Gasteiger partial charge in [-0.05, 0) is 55.7 Å². The lowest BCUT2D eigenvalue weighted by molar-refractivity contribution is -0.140. The summed E-state index contributed by atoms with van der Waals surface area (Å²) in [5, 5.41) is 3.00. The number of amides is 2. The van der Waals surface area contributed by atoms with Crippen LogP contribution < -0.4 is 9.62 Å². The molecule has 2 atom stereocenters. The first-order valence-electron chi connectivity index (χ1n) is 12.9. The molecule has 39 heavy (non-hydrogen) atoms. The number of nitrogens with zero attached hydrogens (tertiary/aromatic N) is 2. The summed E-state index contributed by atoms with van der Waals surface area (Å²) < 4.78 is 40.0. The van der Waals surface area contributed by atoms with E-state index in [0.29, 0.717) is 6.42 Å². The predicted molar refractivity (Wildman–Crippen MR) is 152 cm³/mol. The lowest BCUT2D eigenvalue weighted by atomic mass is 10.0. The van der Waals surface area contributed by atoms with Crippen LogP contribution in [0.2, 0.25) is 0 Å². The highest BCUT2D eigenvalue weighted by Gasteiger charge is 2.33. The predicted octanol–water partition coefficient (Wildman–Crippen LogP) is 4.45. The Bertz CT molecular complexity index is 1360. The quantitative estimate of drug-likeness (QED) is 0.359. The number of sulfonamides is 1. The molecule has 0 unspecified atom stereocenters. The van der Waals surface area contributed by atoms with E-state index < -0.39 is 34.3 Å². The molecule has 0 fully saturated rings. The Morgan fingerprint density at radius 2 is 1.59 bits per heavy atom. The number of benzene rings is 3. The number of hydrogen-bond donors (Lipinski definition) is 1. The summed E-state index contributed by atoms with van der Waals surface area (Å²) in [6.45, 7) is 5.35. The molecule has 0 aliphatic carbocycles. The summed E-state index contributed by atoms with van der Waals surface area (Å²) in [7, 11) is -3.90. The minimum atomic E-state index is -3.90. The number of aryl methyl sites for hydroxylation is 1. The highest BCUT2D eigenvalue weighted by Crippen LogP contribution is 2.21. The van der Waals surface area contributed by atoms with Crippen LogP contribution in [0.4, 0.5) is 10.1 Å². The Kier molecular flexibility index (Phi) is 10.2. The number of halogens is 1. The topological polar surface area (TPSA) is 86.8 Å². The highest BCUT2D eigenvalue weighted by molar-refractivity contribution is 7.92. The van der Waals surface area contributed by atoms with Crippen molar-refractivity contribution in [2.75, 3.05) is 17.1 Å². The Balaban J connectivity index is 2.05. The minimum Gasteiger partial charge on any atom is -0.352 e. The van der Waals surface area contributed by atoms with Crippen molar-refractivity contribution in [3.05, 3.63) is 101 Å². The van der Waals surface area contributed by atoms with Crippen LogP contribution >= 0.6 is 0 Å². The molecule has 1 N–H and O–H groups in total. The van der Waals surface area contributed by atoms with Gasteiger partial charge >= 0.3 is 0 Å². The number of hydrogen-bond acceptors (Lipinski definition) is 4. The average molecular weight is 554 g/mol. The molecule has 0 heterocycles. The molecule has 3 aromatic rings. The normalized spacial score (nSPS) is 12.8. The third kappa shape index (κ3) is 8.64. The monoisotopic (exact) mass is 553 g/mol. The summed E-state index contributed by atoms with van der Waals surface area (Å²) >= 11 is 0. The molecular formula is C30H36FN3O4S. The smallest absolute Gasteiger partial charge is 0.244 e. The Labute approximate surface area is 230 Å². The number of carbonyl (C=O) groups excluding carboxylic acids is 2. The van der Waals surface area contributed by atoms with Gasteiger partial charge in [-0.1, -0.05) is 67.1 Å². The fourth-order valence-corrected chi connectivity index (χ4v) is 5.07. The molecule has 3 rings (SSSR count). The van der Waals surface area contributed by atoms with Crippen LogP contribution in [-0.2, 0) is 32.6 Å². The van der Waals surface area contributed by atoms with E-state index in [0.717, 1.165) is 39.4 Å². The van der Waals surface area contributed by atoms with Crippen LogP contribution in [0.5, 0.6) is 0 Å². The maximum atomic E-state index is 14.0. The first-order chi connectivity index (χ1) is 18.5. The SMILES string of the molecule is CC[C@@H](C)NC(=O)[C@@H](Cc1ccccc1)N(Cc1cccc(C)c1)C(=O)CN(c1ccc(F)cc1)S(C)(=O)=O. The van der Waals surface area contributed by atoms with Gasteiger partial charge in [-0.2, -0.15) is 0 Å². The summed E-state index contributed by atoms with van der Waals surface area (Å²) in [6, 6.07) is 20.9. The van der Waals surface area contributed by atoms with Gasteiger partial charge in [-0.25, -0.2) is 12.8 Å². The maximum absolute atomic E-state index is 14.0. The molecule has 0 saturated carbocycles. The fraction of sp³-hybridized carbons (Fsp3) is 0.333. The van der Waals surface area contributed by atoms with Crippen molar-refractivity contribution in [2.24, 2.45) is 0 Å². The van der Waals surface area contributed by atoms with Crippen molar-refractivity contribution in [3.63, 3.8) is 0 Å². The molecule has 0 saturated heterocycles. The number of anilines is 1. The van der Waals surface area contributed by atoms with Gasteiger partial charge in [0.05, 0.1) is 11.9 Å². The lowest BCUT2D eigenvalue weighted by Gasteiger charge is -2.34. The van der Waals surface area contributed by atoms with Crippen molar-refractivity contribution >= 4 is 27.5 Å².